The fourth-order valence-corrected chi connectivity index (χ4v) is 0.852. The molecule has 0 rings (SSSR count). The summed E-state index contributed by atoms with van der Waals surface area (Å²) in [7, 11) is 0. The summed E-state index contributed by atoms with van der Waals surface area (Å²) < 4.78 is 0. The standard InChI is InChI=1S/C5H11NO2S.K.H2O/c1-9-3-2-4(6)5(7)8;;/h4H,2-3,6H2,1H3,(H,7,8);;1H2/q;+1;/p-1/t4-;;/m0../s1. The zero-order valence-corrected chi connectivity index (χ0v) is 10.7. The molecule has 0 fully saturated rings. The van der Waals surface area contributed by atoms with E-state index in [1.807, 2.05) is 6.26 Å². The number of hydrogen-bond donors (Lipinski definition) is 1. The molecule has 0 spiro atoms. The molecule has 6 heteroatoms. The summed E-state index contributed by atoms with van der Waals surface area (Å²) in [6.45, 7) is 0. The molecule has 62 valence electrons. The zero-order chi connectivity index (χ0) is 7.28. The second kappa shape index (κ2) is 11.4. The molecular weight excluding hydrogens is 193 g/mol. The molecule has 4 nitrogen and oxygen atoms in total. The van der Waals surface area contributed by atoms with E-state index in [4.69, 9.17) is 5.73 Å². The molecule has 0 aromatic carbocycles. The largest absolute Gasteiger partial charge is 1.00 e. The van der Waals surface area contributed by atoms with Gasteiger partial charge in [-0.15, -0.1) is 0 Å². The van der Waals surface area contributed by atoms with Crippen LogP contribution < -0.4 is 62.2 Å². The van der Waals surface area contributed by atoms with E-state index >= 15 is 0 Å². The Kier molecular flexibility index (Phi) is 18.8. The Morgan fingerprint density at radius 3 is 2.45 bits per heavy atom. The predicted molar refractivity (Wildman–Crippen MR) is 39.6 cm³/mol. The minimum Gasteiger partial charge on any atom is -0.548 e. The van der Waals surface area contributed by atoms with Crippen LogP contribution in [0.1, 0.15) is 6.42 Å². The summed E-state index contributed by atoms with van der Waals surface area (Å²) in [4.78, 5) is 9.96. The maximum absolute atomic E-state index is 9.96. The van der Waals surface area contributed by atoms with Crippen molar-refractivity contribution in [3.63, 3.8) is 0 Å². The number of carboxylic acid groups (broad SMARTS) is 1. The van der Waals surface area contributed by atoms with Crippen LogP contribution in [0.5, 0.6) is 0 Å². The van der Waals surface area contributed by atoms with Gasteiger partial charge in [0.05, 0.1) is 5.97 Å². The third-order valence-electron chi connectivity index (χ3n) is 0.936. The summed E-state index contributed by atoms with van der Waals surface area (Å²) in [5, 5.41) is 9.96. The van der Waals surface area contributed by atoms with Crippen LogP contribution in [0.3, 0.4) is 0 Å². The van der Waals surface area contributed by atoms with Crippen molar-refractivity contribution in [2.75, 3.05) is 12.0 Å². The Bertz CT molecular complexity index is 104. The van der Waals surface area contributed by atoms with Gasteiger partial charge in [0.1, 0.15) is 0 Å². The van der Waals surface area contributed by atoms with Gasteiger partial charge in [0.2, 0.25) is 0 Å². The molecule has 0 saturated heterocycles. The van der Waals surface area contributed by atoms with Crippen molar-refractivity contribution in [3.05, 3.63) is 0 Å². The number of carbonyl (C=O) groups excluding carboxylic acids is 1. The third kappa shape index (κ3) is 11.4. The SMILES string of the molecule is CSCC[C@H](N)C(=O)[O-].O.[K+]. The summed E-state index contributed by atoms with van der Waals surface area (Å²) in [6.07, 6.45) is 2.39. The van der Waals surface area contributed by atoms with Crippen LogP contribution in [0, 0.1) is 0 Å². The fourth-order valence-electron chi connectivity index (χ4n) is 0.363. The topological polar surface area (TPSA) is 97.7 Å². The molecule has 0 aromatic rings. The molecule has 0 amide bonds. The number of thioether (sulfide) groups is 1. The van der Waals surface area contributed by atoms with Crippen LogP contribution >= 0.6 is 11.8 Å². The molecule has 0 aliphatic heterocycles. The van der Waals surface area contributed by atoms with Gasteiger partial charge in [0.25, 0.3) is 0 Å². The van der Waals surface area contributed by atoms with Crippen molar-refractivity contribution >= 4 is 17.7 Å². The normalized spacial score (nSPS) is 10.7. The monoisotopic (exact) mass is 205 g/mol. The van der Waals surface area contributed by atoms with Crippen LogP contribution in [-0.2, 0) is 4.79 Å². The average molecular weight is 205 g/mol. The Labute approximate surface area is 113 Å². The predicted octanol–water partition coefficient (Wildman–Crippen LogP) is -5.00. The van der Waals surface area contributed by atoms with E-state index in [-0.39, 0.29) is 56.9 Å². The first-order valence-electron chi connectivity index (χ1n) is 2.64. The van der Waals surface area contributed by atoms with Gasteiger partial charge in [0.15, 0.2) is 0 Å². The minimum atomic E-state index is -1.16. The maximum atomic E-state index is 9.96. The molecule has 0 aromatic heterocycles. The molecule has 0 aliphatic rings. The van der Waals surface area contributed by atoms with Crippen molar-refractivity contribution in [2.45, 2.75) is 12.5 Å². The Morgan fingerprint density at radius 2 is 2.18 bits per heavy atom. The molecule has 4 N–H and O–H groups in total. The van der Waals surface area contributed by atoms with Crippen LogP contribution in [0.25, 0.3) is 0 Å². The van der Waals surface area contributed by atoms with E-state index in [1.54, 1.807) is 11.8 Å². The molecule has 0 bridgehead atoms. The molecule has 0 aliphatic carbocycles. The number of carbonyl (C=O) groups is 1. The summed E-state index contributed by atoms with van der Waals surface area (Å²) >= 11 is 1.58. The van der Waals surface area contributed by atoms with E-state index in [1.165, 1.54) is 0 Å². The molecule has 1 atom stereocenters. The number of nitrogens with two attached hydrogens (primary N) is 1. The maximum Gasteiger partial charge on any atom is 1.00 e. The van der Waals surface area contributed by atoms with Gasteiger partial charge in [0, 0.05) is 6.04 Å². The number of carboxylic acids is 1. The Morgan fingerprint density at radius 1 is 1.73 bits per heavy atom. The van der Waals surface area contributed by atoms with Gasteiger partial charge in [-0.25, -0.2) is 0 Å². The summed E-state index contributed by atoms with van der Waals surface area (Å²) in [5.41, 5.74) is 5.13. The molecular formula is C5H12KNO3S. The van der Waals surface area contributed by atoms with Gasteiger partial charge in [-0.05, 0) is 18.4 Å². The molecule has 0 radical (unpaired) electrons. The first-order chi connectivity index (χ1) is 4.18. The summed E-state index contributed by atoms with van der Waals surface area (Å²) in [6, 6.07) is -0.794. The van der Waals surface area contributed by atoms with Crippen molar-refractivity contribution < 1.29 is 66.8 Å². The second-order valence-corrected chi connectivity index (χ2v) is 2.69. The summed E-state index contributed by atoms with van der Waals surface area (Å²) in [5.74, 6) is -0.390. The van der Waals surface area contributed by atoms with Crippen LogP contribution in [0.15, 0.2) is 0 Å². The molecule has 11 heavy (non-hydrogen) atoms. The van der Waals surface area contributed by atoms with Gasteiger partial charge >= 0.3 is 51.4 Å². The number of aliphatic carboxylic acids is 1. The average Bonchev–Trinajstić information content (AvgIpc) is 1.82. The van der Waals surface area contributed by atoms with Gasteiger partial charge in [-0.2, -0.15) is 11.8 Å². The van der Waals surface area contributed by atoms with E-state index < -0.39 is 12.0 Å². The van der Waals surface area contributed by atoms with Gasteiger partial charge in [-0.1, -0.05) is 0 Å². The van der Waals surface area contributed by atoms with Crippen LogP contribution in [0.4, 0.5) is 0 Å². The number of rotatable bonds is 4. The quantitative estimate of drug-likeness (QED) is 0.465. The van der Waals surface area contributed by atoms with E-state index in [2.05, 4.69) is 0 Å². The van der Waals surface area contributed by atoms with Crippen molar-refractivity contribution in [3.8, 4) is 0 Å². The van der Waals surface area contributed by atoms with Crippen molar-refractivity contribution in [1.82, 2.24) is 0 Å². The smallest absolute Gasteiger partial charge is 0.548 e. The molecule has 0 saturated carbocycles. The minimum absolute atomic E-state index is 0. The zero-order valence-electron chi connectivity index (χ0n) is 6.79. The second-order valence-electron chi connectivity index (χ2n) is 1.71. The van der Waals surface area contributed by atoms with Crippen molar-refractivity contribution in [2.24, 2.45) is 5.73 Å². The molecule has 0 heterocycles. The van der Waals surface area contributed by atoms with Crippen LogP contribution in [0.2, 0.25) is 0 Å². The Hall–Kier alpha value is 1.38. The molecule has 0 unspecified atom stereocenters. The van der Waals surface area contributed by atoms with Crippen molar-refractivity contribution in [1.29, 1.82) is 0 Å². The van der Waals surface area contributed by atoms with E-state index in [9.17, 15) is 9.90 Å². The van der Waals surface area contributed by atoms with E-state index in [0.29, 0.717) is 6.42 Å². The van der Waals surface area contributed by atoms with Gasteiger partial charge < -0.3 is 21.1 Å². The first kappa shape index (κ1) is 18.2. The van der Waals surface area contributed by atoms with Crippen LogP contribution in [-0.4, -0.2) is 29.5 Å². The number of hydrogen-bond acceptors (Lipinski definition) is 4. The fraction of sp³-hybridized carbons (Fsp3) is 0.800. The Balaban J connectivity index is -0.000000320. The van der Waals surface area contributed by atoms with Gasteiger partial charge in [-0.3, -0.25) is 0 Å². The third-order valence-corrected chi connectivity index (χ3v) is 1.58. The van der Waals surface area contributed by atoms with E-state index in [0.717, 1.165) is 5.75 Å². The first-order valence-corrected chi connectivity index (χ1v) is 4.03.